The van der Waals surface area contributed by atoms with Crippen LogP contribution in [-0.2, 0) is 0 Å². The number of nitrogens with zero attached hydrogens (tertiary/aromatic N) is 2. The lowest BCUT2D eigenvalue weighted by molar-refractivity contribution is 0.628. The molecular weight excluding hydrogens is 300 g/mol. The minimum atomic E-state index is -0.462. The first-order valence-electron chi connectivity index (χ1n) is 5.76. The minimum Gasteiger partial charge on any atom is -0.340 e. The molecule has 0 spiro atoms. The fourth-order valence-corrected chi connectivity index (χ4v) is 2.19. The van der Waals surface area contributed by atoms with Crippen molar-refractivity contribution < 1.29 is 4.39 Å². The fourth-order valence-electron chi connectivity index (χ4n) is 1.84. The molecule has 1 aromatic heterocycles. The van der Waals surface area contributed by atoms with Crippen molar-refractivity contribution in [3.63, 3.8) is 0 Å². The van der Waals surface area contributed by atoms with Gasteiger partial charge in [-0.1, -0.05) is 23.2 Å². The van der Waals surface area contributed by atoms with Gasteiger partial charge in [-0.25, -0.2) is 14.4 Å². The molecular formula is C14H8Cl2FN3. The van der Waals surface area contributed by atoms with Crippen LogP contribution < -0.4 is 5.32 Å². The van der Waals surface area contributed by atoms with Crippen LogP contribution in [0, 0.1) is 5.82 Å². The zero-order valence-electron chi connectivity index (χ0n) is 10.1. The molecule has 0 saturated heterocycles. The average molecular weight is 308 g/mol. The van der Waals surface area contributed by atoms with Crippen molar-refractivity contribution in [2.75, 3.05) is 5.32 Å². The lowest BCUT2D eigenvalue weighted by atomic mass is 10.2. The zero-order chi connectivity index (χ0) is 14.1. The molecule has 20 heavy (non-hydrogen) atoms. The van der Waals surface area contributed by atoms with Gasteiger partial charge in [-0.15, -0.1) is 0 Å². The molecule has 0 unspecified atom stereocenters. The number of fused-ring (bicyclic) bond motifs is 1. The van der Waals surface area contributed by atoms with Gasteiger partial charge in [0.1, 0.15) is 18.0 Å². The maximum atomic E-state index is 13.1. The summed E-state index contributed by atoms with van der Waals surface area (Å²) in [5.41, 5.74) is 1.37. The maximum Gasteiger partial charge on any atom is 0.141 e. The normalized spacial score (nSPS) is 10.8. The van der Waals surface area contributed by atoms with Crippen molar-refractivity contribution in [3.05, 3.63) is 58.6 Å². The first kappa shape index (κ1) is 13.1. The SMILES string of the molecule is Fc1ccc(Nc2ncnc3cc(Cl)ccc23)cc1Cl. The summed E-state index contributed by atoms with van der Waals surface area (Å²) in [6.45, 7) is 0. The van der Waals surface area contributed by atoms with Crippen LogP contribution in [0.1, 0.15) is 0 Å². The van der Waals surface area contributed by atoms with E-state index in [0.717, 1.165) is 10.9 Å². The number of anilines is 2. The average Bonchev–Trinajstić information content (AvgIpc) is 2.43. The highest BCUT2D eigenvalue weighted by Gasteiger charge is 2.06. The van der Waals surface area contributed by atoms with Crippen molar-refractivity contribution in [2.24, 2.45) is 0 Å². The van der Waals surface area contributed by atoms with Crippen molar-refractivity contribution in [3.8, 4) is 0 Å². The van der Waals surface area contributed by atoms with Gasteiger partial charge in [0.15, 0.2) is 0 Å². The first-order chi connectivity index (χ1) is 9.63. The fraction of sp³-hybridized carbons (Fsp3) is 0. The Hall–Kier alpha value is -1.91. The number of hydrogen-bond donors (Lipinski definition) is 1. The van der Waals surface area contributed by atoms with E-state index in [1.165, 1.54) is 18.5 Å². The smallest absolute Gasteiger partial charge is 0.141 e. The van der Waals surface area contributed by atoms with Crippen LogP contribution in [0.4, 0.5) is 15.9 Å². The molecule has 100 valence electrons. The highest BCUT2D eigenvalue weighted by Crippen LogP contribution is 2.27. The summed E-state index contributed by atoms with van der Waals surface area (Å²) >= 11 is 11.7. The molecule has 0 atom stereocenters. The zero-order valence-corrected chi connectivity index (χ0v) is 11.6. The predicted molar refractivity (Wildman–Crippen MR) is 79.2 cm³/mol. The molecule has 1 N–H and O–H groups in total. The highest BCUT2D eigenvalue weighted by molar-refractivity contribution is 6.31. The lowest BCUT2D eigenvalue weighted by Crippen LogP contribution is -1.96. The van der Waals surface area contributed by atoms with Crippen LogP contribution in [0.25, 0.3) is 10.9 Å². The van der Waals surface area contributed by atoms with E-state index in [0.29, 0.717) is 16.5 Å². The van der Waals surface area contributed by atoms with Crippen molar-refractivity contribution >= 4 is 45.6 Å². The van der Waals surface area contributed by atoms with Gasteiger partial charge in [-0.2, -0.15) is 0 Å². The summed E-state index contributed by atoms with van der Waals surface area (Å²) in [5, 5.41) is 4.56. The summed E-state index contributed by atoms with van der Waals surface area (Å²) in [7, 11) is 0. The molecule has 1 heterocycles. The highest BCUT2D eigenvalue weighted by atomic mass is 35.5. The van der Waals surface area contributed by atoms with Gasteiger partial charge >= 0.3 is 0 Å². The molecule has 3 aromatic rings. The standard InChI is InChI=1S/C14H8Cl2FN3/c15-8-1-3-10-13(5-8)18-7-19-14(10)20-9-2-4-12(17)11(16)6-9/h1-7H,(H,18,19,20). The molecule has 3 nitrogen and oxygen atoms in total. The molecule has 6 heteroatoms. The van der Waals surface area contributed by atoms with Crippen LogP contribution in [-0.4, -0.2) is 9.97 Å². The topological polar surface area (TPSA) is 37.8 Å². The van der Waals surface area contributed by atoms with E-state index in [4.69, 9.17) is 23.2 Å². The van der Waals surface area contributed by atoms with Crippen LogP contribution in [0.3, 0.4) is 0 Å². The molecule has 0 fully saturated rings. The Labute approximate surface area is 124 Å². The summed E-state index contributed by atoms with van der Waals surface area (Å²) in [5.74, 6) is 0.144. The van der Waals surface area contributed by atoms with E-state index in [1.54, 1.807) is 18.2 Å². The third-order valence-electron chi connectivity index (χ3n) is 2.78. The van der Waals surface area contributed by atoms with E-state index in [2.05, 4.69) is 15.3 Å². The molecule has 0 bridgehead atoms. The molecule has 0 radical (unpaired) electrons. The Morgan fingerprint density at radius 1 is 1.00 bits per heavy atom. The van der Waals surface area contributed by atoms with Gasteiger partial charge in [0.2, 0.25) is 0 Å². The summed E-state index contributed by atoms with van der Waals surface area (Å²) in [6.07, 6.45) is 1.44. The Morgan fingerprint density at radius 2 is 1.85 bits per heavy atom. The Morgan fingerprint density at radius 3 is 2.65 bits per heavy atom. The molecule has 3 rings (SSSR count). The third-order valence-corrected chi connectivity index (χ3v) is 3.31. The van der Waals surface area contributed by atoms with Gasteiger partial charge in [-0.3, -0.25) is 0 Å². The second-order valence-electron chi connectivity index (χ2n) is 4.14. The molecule has 2 aromatic carbocycles. The molecule has 0 saturated carbocycles. The van der Waals surface area contributed by atoms with E-state index < -0.39 is 5.82 Å². The van der Waals surface area contributed by atoms with Crippen molar-refractivity contribution in [2.45, 2.75) is 0 Å². The Bertz CT molecular complexity index is 792. The minimum absolute atomic E-state index is 0.0522. The Balaban J connectivity index is 2.04. The number of aromatic nitrogens is 2. The largest absolute Gasteiger partial charge is 0.340 e. The van der Waals surface area contributed by atoms with Gasteiger partial charge in [0.25, 0.3) is 0 Å². The molecule has 0 aliphatic carbocycles. The first-order valence-corrected chi connectivity index (χ1v) is 6.51. The number of benzene rings is 2. The van der Waals surface area contributed by atoms with Crippen molar-refractivity contribution in [1.29, 1.82) is 0 Å². The van der Waals surface area contributed by atoms with Gasteiger partial charge in [0, 0.05) is 16.1 Å². The molecule has 0 amide bonds. The van der Waals surface area contributed by atoms with Crippen LogP contribution in [0.2, 0.25) is 10.0 Å². The number of nitrogens with one attached hydrogen (secondary N) is 1. The number of halogens is 3. The van der Waals surface area contributed by atoms with E-state index >= 15 is 0 Å². The van der Waals surface area contributed by atoms with Crippen LogP contribution in [0.5, 0.6) is 0 Å². The van der Waals surface area contributed by atoms with Gasteiger partial charge < -0.3 is 5.32 Å². The second kappa shape index (κ2) is 5.23. The van der Waals surface area contributed by atoms with Gasteiger partial charge in [0.05, 0.1) is 10.5 Å². The van der Waals surface area contributed by atoms with Gasteiger partial charge in [-0.05, 0) is 36.4 Å². The molecule has 0 aliphatic heterocycles. The monoisotopic (exact) mass is 307 g/mol. The summed E-state index contributed by atoms with van der Waals surface area (Å²) < 4.78 is 13.1. The number of rotatable bonds is 2. The van der Waals surface area contributed by atoms with Crippen molar-refractivity contribution in [1.82, 2.24) is 9.97 Å². The lowest BCUT2D eigenvalue weighted by Gasteiger charge is -2.09. The summed E-state index contributed by atoms with van der Waals surface area (Å²) in [4.78, 5) is 8.34. The van der Waals surface area contributed by atoms with Crippen LogP contribution >= 0.6 is 23.2 Å². The molecule has 0 aliphatic rings. The summed E-state index contributed by atoms with van der Waals surface area (Å²) in [6, 6.07) is 9.72. The quantitative estimate of drug-likeness (QED) is 0.737. The second-order valence-corrected chi connectivity index (χ2v) is 4.98. The number of hydrogen-bond acceptors (Lipinski definition) is 3. The maximum absolute atomic E-state index is 13.1. The van der Waals surface area contributed by atoms with E-state index in [-0.39, 0.29) is 5.02 Å². The van der Waals surface area contributed by atoms with Crippen LogP contribution in [0.15, 0.2) is 42.7 Å². The van der Waals surface area contributed by atoms with E-state index in [9.17, 15) is 4.39 Å². The third kappa shape index (κ3) is 2.53. The predicted octanol–water partition coefficient (Wildman–Crippen LogP) is 4.82. The van der Waals surface area contributed by atoms with E-state index in [1.807, 2.05) is 6.07 Å². The Kier molecular flexibility index (Phi) is 3.42.